The van der Waals surface area contributed by atoms with Crippen LogP contribution < -0.4 is 5.84 Å². The van der Waals surface area contributed by atoms with Crippen molar-refractivity contribution in [1.29, 1.82) is 0 Å². The van der Waals surface area contributed by atoms with Gasteiger partial charge in [-0.25, -0.2) is 9.77 Å². The zero-order chi connectivity index (χ0) is 9.26. The molecule has 0 bridgehead atoms. The lowest BCUT2D eigenvalue weighted by Gasteiger charge is -1.97. The lowest BCUT2D eigenvalue weighted by molar-refractivity contribution is 0.973. The van der Waals surface area contributed by atoms with Gasteiger partial charge in [0.05, 0.1) is 12.4 Å². The molecule has 0 amide bonds. The fourth-order valence-corrected chi connectivity index (χ4v) is 1.06. The van der Waals surface area contributed by atoms with Gasteiger partial charge in [-0.3, -0.25) is 0 Å². The zero-order valence-corrected chi connectivity index (χ0v) is 7.32. The van der Waals surface area contributed by atoms with Gasteiger partial charge in [-0.2, -0.15) is 15.3 Å². The summed E-state index contributed by atoms with van der Waals surface area (Å²) in [5.74, 6) is 6.15. The van der Waals surface area contributed by atoms with E-state index in [4.69, 9.17) is 18.1 Å². The molecule has 6 nitrogen and oxygen atoms in total. The van der Waals surface area contributed by atoms with Crippen molar-refractivity contribution in [3.05, 3.63) is 23.2 Å². The van der Waals surface area contributed by atoms with Crippen molar-refractivity contribution in [1.82, 2.24) is 25.1 Å². The third kappa shape index (κ3) is 1.29. The van der Waals surface area contributed by atoms with Crippen LogP contribution >= 0.6 is 12.2 Å². The number of H-pyrrole nitrogens is 1. The minimum atomic E-state index is 0.367. The SMILES string of the molecule is Nn1c(-c2ccnnc2)n[nH]c1=S. The summed E-state index contributed by atoms with van der Waals surface area (Å²) in [7, 11) is 0. The maximum absolute atomic E-state index is 5.61. The number of hydrogen-bond acceptors (Lipinski definition) is 5. The van der Waals surface area contributed by atoms with Crippen molar-refractivity contribution in [3.63, 3.8) is 0 Å². The predicted octanol–water partition coefficient (Wildman–Crippen LogP) is 0.111. The number of nitrogens with one attached hydrogen (secondary N) is 1. The van der Waals surface area contributed by atoms with Gasteiger partial charge in [0.25, 0.3) is 0 Å². The first-order valence-electron chi connectivity index (χ1n) is 3.48. The van der Waals surface area contributed by atoms with E-state index in [1.54, 1.807) is 18.5 Å². The Balaban J connectivity index is 2.60. The van der Waals surface area contributed by atoms with Gasteiger partial charge >= 0.3 is 0 Å². The number of nitrogens with zero attached hydrogens (tertiary/aromatic N) is 4. The maximum Gasteiger partial charge on any atom is 0.214 e. The lowest BCUT2D eigenvalue weighted by atomic mass is 10.3. The van der Waals surface area contributed by atoms with Crippen LogP contribution in [-0.4, -0.2) is 25.1 Å². The Labute approximate surface area is 78.4 Å². The van der Waals surface area contributed by atoms with Gasteiger partial charge in [0.15, 0.2) is 5.82 Å². The minimum absolute atomic E-state index is 0.367. The number of aromatic nitrogens is 5. The Morgan fingerprint density at radius 3 is 2.85 bits per heavy atom. The van der Waals surface area contributed by atoms with Crippen molar-refractivity contribution < 1.29 is 0 Å². The molecule has 2 aromatic rings. The van der Waals surface area contributed by atoms with E-state index < -0.39 is 0 Å². The molecule has 0 aliphatic carbocycles. The molecule has 0 atom stereocenters. The molecule has 13 heavy (non-hydrogen) atoms. The summed E-state index contributed by atoms with van der Waals surface area (Å²) in [6.07, 6.45) is 3.13. The smallest absolute Gasteiger partial charge is 0.214 e. The summed E-state index contributed by atoms with van der Waals surface area (Å²) in [6.45, 7) is 0. The van der Waals surface area contributed by atoms with Gasteiger partial charge < -0.3 is 5.84 Å². The van der Waals surface area contributed by atoms with Crippen LogP contribution in [0.5, 0.6) is 0 Å². The van der Waals surface area contributed by atoms with E-state index in [9.17, 15) is 0 Å². The van der Waals surface area contributed by atoms with E-state index in [2.05, 4.69) is 20.4 Å². The summed E-state index contributed by atoms with van der Waals surface area (Å²) >= 11 is 4.86. The minimum Gasteiger partial charge on any atom is -0.335 e. The van der Waals surface area contributed by atoms with Crippen molar-refractivity contribution in [3.8, 4) is 11.4 Å². The number of nitrogens with two attached hydrogens (primary N) is 1. The quantitative estimate of drug-likeness (QED) is 0.497. The summed E-state index contributed by atoms with van der Waals surface area (Å²) in [4.78, 5) is 0. The highest BCUT2D eigenvalue weighted by molar-refractivity contribution is 7.71. The first kappa shape index (κ1) is 7.87. The molecule has 0 aliphatic heterocycles. The fourth-order valence-electron chi connectivity index (χ4n) is 0.931. The normalized spacial score (nSPS) is 10.2. The standard InChI is InChI=1S/C6H6N6S/c7-12-5(10-11-6(12)13)4-1-2-8-9-3-4/h1-3H,7H2,(H,11,13). The highest BCUT2D eigenvalue weighted by Crippen LogP contribution is 2.11. The number of rotatable bonds is 1. The Morgan fingerprint density at radius 2 is 2.31 bits per heavy atom. The molecule has 0 saturated heterocycles. The van der Waals surface area contributed by atoms with Crippen molar-refractivity contribution in [2.75, 3.05) is 5.84 Å². The summed E-state index contributed by atoms with van der Waals surface area (Å²) in [5.41, 5.74) is 0.768. The van der Waals surface area contributed by atoms with Crippen LogP contribution in [-0.2, 0) is 0 Å². The number of aromatic amines is 1. The second-order valence-corrected chi connectivity index (χ2v) is 2.74. The molecule has 7 heteroatoms. The largest absolute Gasteiger partial charge is 0.335 e. The molecule has 2 rings (SSSR count). The molecule has 0 saturated carbocycles. The zero-order valence-electron chi connectivity index (χ0n) is 6.51. The van der Waals surface area contributed by atoms with Gasteiger partial charge in [-0.1, -0.05) is 0 Å². The molecule has 0 aliphatic rings. The van der Waals surface area contributed by atoms with Gasteiger partial charge in [-0.15, -0.1) is 0 Å². The average Bonchev–Trinajstić information content (AvgIpc) is 2.49. The first-order valence-corrected chi connectivity index (χ1v) is 3.89. The maximum atomic E-state index is 5.61. The third-order valence-electron chi connectivity index (χ3n) is 1.55. The van der Waals surface area contributed by atoms with Crippen LogP contribution in [0.3, 0.4) is 0 Å². The highest BCUT2D eigenvalue weighted by Gasteiger charge is 2.05. The molecule has 0 spiro atoms. The van der Waals surface area contributed by atoms with E-state index in [0.29, 0.717) is 10.6 Å². The second kappa shape index (κ2) is 2.94. The predicted molar refractivity (Wildman–Crippen MR) is 48.6 cm³/mol. The summed E-state index contributed by atoms with van der Waals surface area (Å²) in [6, 6.07) is 1.75. The Kier molecular flexibility index (Phi) is 1.78. The van der Waals surface area contributed by atoms with E-state index in [1.165, 1.54) is 4.68 Å². The second-order valence-electron chi connectivity index (χ2n) is 2.35. The lowest BCUT2D eigenvalue weighted by Crippen LogP contribution is -2.09. The molecule has 0 aromatic carbocycles. The van der Waals surface area contributed by atoms with Gasteiger partial charge in [0, 0.05) is 5.56 Å². The van der Waals surface area contributed by atoms with Crippen LogP contribution in [0.2, 0.25) is 0 Å². The van der Waals surface area contributed by atoms with E-state index in [0.717, 1.165) is 5.56 Å². The summed E-state index contributed by atoms with van der Waals surface area (Å²) in [5, 5.41) is 13.9. The van der Waals surface area contributed by atoms with Gasteiger partial charge in [0.2, 0.25) is 4.77 Å². The van der Waals surface area contributed by atoms with Crippen LogP contribution in [0, 0.1) is 4.77 Å². The molecule has 66 valence electrons. The summed E-state index contributed by atoms with van der Waals surface area (Å²) < 4.78 is 1.65. The third-order valence-corrected chi connectivity index (χ3v) is 1.83. The molecule has 2 heterocycles. The Bertz CT molecular complexity index is 457. The molecule has 0 unspecified atom stereocenters. The van der Waals surface area contributed by atoms with Gasteiger partial charge in [-0.05, 0) is 18.3 Å². The van der Waals surface area contributed by atoms with Crippen LogP contribution in [0.25, 0.3) is 11.4 Å². The number of hydrogen-bond donors (Lipinski definition) is 2. The van der Waals surface area contributed by atoms with Gasteiger partial charge in [0.1, 0.15) is 0 Å². The van der Waals surface area contributed by atoms with Crippen molar-refractivity contribution in [2.24, 2.45) is 0 Å². The molecule has 2 aromatic heterocycles. The Hall–Kier alpha value is -1.76. The van der Waals surface area contributed by atoms with Crippen molar-refractivity contribution in [2.45, 2.75) is 0 Å². The van der Waals surface area contributed by atoms with Crippen molar-refractivity contribution >= 4 is 12.2 Å². The van der Waals surface area contributed by atoms with E-state index in [-0.39, 0.29) is 0 Å². The molecule has 3 N–H and O–H groups in total. The van der Waals surface area contributed by atoms with E-state index in [1.807, 2.05) is 0 Å². The van der Waals surface area contributed by atoms with Crippen LogP contribution in [0.1, 0.15) is 0 Å². The fraction of sp³-hybridized carbons (Fsp3) is 0. The molecule has 0 radical (unpaired) electrons. The molecular formula is C6H6N6S. The van der Waals surface area contributed by atoms with Crippen LogP contribution in [0.15, 0.2) is 18.5 Å². The van der Waals surface area contributed by atoms with E-state index >= 15 is 0 Å². The topological polar surface area (TPSA) is 85.4 Å². The number of nitrogen functional groups attached to an aromatic ring is 1. The Morgan fingerprint density at radius 1 is 1.46 bits per heavy atom. The monoisotopic (exact) mass is 194 g/mol. The molecule has 0 fully saturated rings. The highest BCUT2D eigenvalue weighted by atomic mass is 32.1. The molecular weight excluding hydrogens is 188 g/mol. The first-order chi connectivity index (χ1) is 6.29. The van der Waals surface area contributed by atoms with Crippen LogP contribution in [0.4, 0.5) is 0 Å². The average molecular weight is 194 g/mol.